The lowest BCUT2D eigenvalue weighted by molar-refractivity contribution is -0.306. The number of nitrogens with zero attached hydrogens (tertiary/aromatic N) is 2. The van der Waals surface area contributed by atoms with Crippen molar-refractivity contribution in [2.24, 2.45) is 28.6 Å². The average Bonchev–Trinajstić information content (AvgIpc) is 3.31. The molecule has 2 aliphatic carbocycles. The van der Waals surface area contributed by atoms with E-state index in [1.165, 1.54) is 0 Å². The molecule has 9 nitrogen and oxygen atoms in total. The molecule has 7 atom stereocenters. The Morgan fingerprint density at radius 2 is 1.92 bits per heavy atom. The first kappa shape index (κ1) is 26.6. The quantitative estimate of drug-likeness (QED) is 0.616. The zero-order valence-corrected chi connectivity index (χ0v) is 22.7. The summed E-state index contributed by atoms with van der Waals surface area (Å²) < 4.78 is 17.6. The van der Waals surface area contributed by atoms with Crippen LogP contribution in [0.15, 0.2) is 10.6 Å². The number of rotatable bonds is 5. The number of hydrogen-bond donors (Lipinski definition) is 2. The zero-order chi connectivity index (χ0) is 26.4. The molecule has 0 spiro atoms. The number of ether oxygens (including phenoxy) is 2. The van der Waals surface area contributed by atoms with Crippen LogP contribution >= 0.6 is 0 Å². The number of aliphatic hydroxyl groups is 1. The van der Waals surface area contributed by atoms with Crippen molar-refractivity contribution in [1.82, 2.24) is 15.4 Å². The summed E-state index contributed by atoms with van der Waals surface area (Å²) in [5.74, 6) is 1.37. The molecule has 2 saturated heterocycles. The molecule has 2 amide bonds. The van der Waals surface area contributed by atoms with E-state index in [1.807, 2.05) is 4.90 Å². The summed E-state index contributed by atoms with van der Waals surface area (Å²) >= 11 is 0. The number of piperidine rings is 1. The summed E-state index contributed by atoms with van der Waals surface area (Å²) in [6.45, 7) is 11.0. The van der Waals surface area contributed by atoms with Gasteiger partial charge in [-0.05, 0) is 68.6 Å². The number of carbonyl (C=O) groups is 2. The zero-order valence-electron chi connectivity index (χ0n) is 22.7. The van der Waals surface area contributed by atoms with Crippen molar-refractivity contribution in [3.63, 3.8) is 0 Å². The normalized spacial score (nSPS) is 38.5. The molecule has 0 bridgehead atoms. The van der Waals surface area contributed by atoms with Crippen molar-refractivity contribution in [3.8, 4) is 0 Å². The highest BCUT2D eigenvalue weighted by molar-refractivity contribution is 5.92. The highest BCUT2D eigenvalue weighted by Crippen LogP contribution is 2.62. The largest absolute Gasteiger partial charge is 0.393 e. The number of aromatic nitrogens is 1. The lowest BCUT2D eigenvalue weighted by Crippen LogP contribution is -2.63. The van der Waals surface area contributed by atoms with Gasteiger partial charge in [-0.3, -0.25) is 9.59 Å². The molecule has 4 fully saturated rings. The van der Waals surface area contributed by atoms with Gasteiger partial charge in [-0.1, -0.05) is 25.9 Å². The van der Waals surface area contributed by atoms with Crippen LogP contribution in [0.4, 0.5) is 0 Å². The first-order chi connectivity index (χ1) is 17.6. The van der Waals surface area contributed by atoms with Crippen LogP contribution in [0.2, 0.25) is 0 Å². The van der Waals surface area contributed by atoms with Gasteiger partial charge in [0.2, 0.25) is 5.91 Å². The molecule has 37 heavy (non-hydrogen) atoms. The van der Waals surface area contributed by atoms with E-state index < -0.39 is 12.4 Å². The van der Waals surface area contributed by atoms with Gasteiger partial charge in [0.15, 0.2) is 12.0 Å². The Bertz CT molecular complexity index is 990. The van der Waals surface area contributed by atoms with Crippen molar-refractivity contribution in [3.05, 3.63) is 17.5 Å². The molecule has 2 aliphatic heterocycles. The lowest BCUT2D eigenvalue weighted by Gasteiger charge is -2.63. The number of aryl methyl sites for hydroxylation is 1. The fourth-order valence-electron chi connectivity index (χ4n) is 7.71. The second-order valence-corrected chi connectivity index (χ2v) is 12.5. The van der Waals surface area contributed by atoms with E-state index in [-0.39, 0.29) is 52.8 Å². The van der Waals surface area contributed by atoms with Crippen molar-refractivity contribution >= 4 is 11.8 Å². The number of aliphatic hydroxyl groups excluding tert-OH is 1. The van der Waals surface area contributed by atoms with Crippen LogP contribution in [0.25, 0.3) is 0 Å². The predicted octanol–water partition coefficient (Wildman–Crippen LogP) is 3.30. The molecule has 4 aliphatic rings. The fraction of sp³-hybridized carbons (Fsp3) is 0.821. The van der Waals surface area contributed by atoms with Crippen molar-refractivity contribution in [2.45, 2.75) is 91.1 Å². The van der Waals surface area contributed by atoms with Crippen LogP contribution < -0.4 is 5.32 Å². The third-order valence-corrected chi connectivity index (χ3v) is 10.1. The maximum Gasteiger partial charge on any atom is 0.273 e. The second kappa shape index (κ2) is 10.3. The van der Waals surface area contributed by atoms with Gasteiger partial charge in [-0.15, -0.1) is 0 Å². The van der Waals surface area contributed by atoms with Gasteiger partial charge >= 0.3 is 0 Å². The summed E-state index contributed by atoms with van der Waals surface area (Å²) in [7, 11) is 0. The molecule has 7 unspecified atom stereocenters. The number of carbonyl (C=O) groups excluding carboxylic acids is 2. The fourth-order valence-corrected chi connectivity index (χ4v) is 7.71. The second-order valence-electron chi connectivity index (χ2n) is 12.5. The van der Waals surface area contributed by atoms with Crippen molar-refractivity contribution < 1.29 is 28.7 Å². The standard InChI is InChI=1S/C28H43N3O6/c1-17-8-11-31(12-9-17)24(33)14-19-21(32)5-6-22-27(19,3)10-7-23-28(22,4)16-35-25(36-23)15-29-26(34)20-13-18(2)37-30-20/h13,17,19,21-23,25,32H,5-12,14-16H2,1-4H3,(H,29,34). The van der Waals surface area contributed by atoms with E-state index in [2.05, 4.69) is 31.2 Å². The van der Waals surface area contributed by atoms with E-state index in [9.17, 15) is 14.7 Å². The first-order valence-corrected chi connectivity index (χ1v) is 14.0. The Kier molecular flexibility index (Phi) is 7.41. The van der Waals surface area contributed by atoms with Crippen LogP contribution in [0.1, 0.15) is 82.0 Å². The van der Waals surface area contributed by atoms with Crippen LogP contribution in [0, 0.1) is 35.5 Å². The highest BCUT2D eigenvalue weighted by Gasteiger charge is 2.61. The highest BCUT2D eigenvalue weighted by atomic mass is 16.7. The number of fused-ring (bicyclic) bond motifs is 3. The Morgan fingerprint density at radius 1 is 1.16 bits per heavy atom. The first-order valence-electron chi connectivity index (χ1n) is 14.0. The van der Waals surface area contributed by atoms with Gasteiger partial charge in [0.05, 0.1) is 25.4 Å². The predicted molar refractivity (Wildman–Crippen MR) is 135 cm³/mol. The molecule has 0 aromatic carbocycles. The topological polar surface area (TPSA) is 114 Å². The van der Waals surface area contributed by atoms with Crippen LogP contribution in [0.3, 0.4) is 0 Å². The van der Waals surface area contributed by atoms with Crippen molar-refractivity contribution in [1.29, 1.82) is 0 Å². The molecule has 0 radical (unpaired) electrons. The molecule has 2 saturated carbocycles. The minimum atomic E-state index is -0.521. The molecule has 1 aromatic rings. The SMILES string of the molecule is Cc1cc(C(=O)NCC2OCC3(C)C(CCC4(C)C(CC(=O)N5CCC(C)CC5)C(O)CCC34)O2)no1. The van der Waals surface area contributed by atoms with Gasteiger partial charge < -0.3 is 29.3 Å². The molecule has 9 heteroatoms. The van der Waals surface area contributed by atoms with Crippen LogP contribution in [-0.4, -0.2) is 71.7 Å². The number of amides is 2. The van der Waals surface area contributed by atoms with E-state index in [1.54, 1.807) is 13.0 Å². The monoisotopic (exact) mass is 517 g/mol. The summed E-state index contributed by atoms with van der Waals surface area (Å²) in [5, 5.41) is 17.7. The molecule has 1 aromatic heterocycles. The average molecular weight is 518 g/mol. The van der Waals surface area contributed by atoms with E-state index in [4.69, 9.17) is 14.0 Å². The molecular weight excluding hydrogens is 474 g/mol. The molecule has 2 N–H and O–H groups in total. The maximum atomic E-state index is 13.3. The molecular formula is C28H43N3O6. The van der Waals surface area contributed by atoms with Gasteiger partial charge in [-0.25, -0.2) is 0 Å². The smallest absolute Gasteiger partial charge is 0.273 e. The van der Waals surface area contributed by atoms with Gasteiger partial charge in [0, 0.05) is 31.0 Å². The number of hydrogen-bond acceptors (Lipinski definition) is 7. The third-order valence-electron chi connectivity index (χ3n) is 10.1. The van der Waals surface area contributed by atoms with Gasteiger partial charge in [0.1, 0.15) is 5.76 Å². The minimum absolute atomic E-state index is 0.00528. The van der Waals surface area contributed by atoms with E-state index in [0.717, 1.165) is 45.2 Å². The lowest BCUT2D eigenvalue weighted by atomic mass is 9.46. The molecule has 3 heterocycles. The Morgan fingerprint density at radius 3 is 2.62 bits per heavy atom. The number of nitrogens with one attached hydrogen (secondary N) is 1. The van der Waals surface area contributed by atoms with E-state index in [0.29, 0.717) is 31.1 Å². The summed E-state index contributed by atoms with van der Waals surface area (Å²) in [5.41, 5.74) is -0.120. The van der Waals surface area contributed by atoms with Gasteiger partial charge in [-0.2, -0.15) is 0 Å². The molecule has 206 valence electrons. The van der Waals surface area contributed by atoms with E-state index >= 15 is 0 Å². The third kappa shape index (κ3) is 5.06. The van der Waals surface area contributed by atoms with Gasteiger partial charge in [0.25, 0.3) is 5.91 Å². The Balaban J connectivity index is 1.23. The molecule has 5 rings (SSSR count). The summed E-state index contributed by atoms with van der Waals surface area (Å²) in [6.07, 6.45) is 4.92. The van der Waals surface area contributed by atoms with Crippen LogP contribution in [0.5, 0.6) is 0 Å². The number of likely N-dealkylation sites (tertiary alicyclic amines) is 1. The summed E-state index contributed by atoms with van der Waals surface area (Å²) in [4.78, 5) is 27.7. The Hall–Kier alpha value is -1.97. The summed E-state index contributed by atoms with van der Waals surface area (Å²) in [6, 6.07) is 1.60. The van der Waals surface area contributed by atoms with Crippen molar-refractivity contribution in [2.75, 3.05) is 26.2 Å². The van der Waals surface area contributed by atoms with Crippen LogP contribution in [-0.2, 0) is 14.3 Å². The Labute approximate surface area is 219 Å². The minimum Gasteiger partial charge on any atom is -0.393 e. The maximum absolute atomic E-state index is 13.3.